The molecule has 0 fully saturated rings. The number of aliphatic imine (C=N–C) groups is 1. The minimum absolute atomic E-state index is 0. The number of hydrogen-bond acceptors (Lipinski definition) is 4. The van der Waals surface area contributed by atoms with Gasteiger partial charge in [-0.3, -0.25) is 9.89 Å². The lowest BCUT2D eigenvalue weighted by atomic mass is 10.2. The van der Waals surface area contributed by atoms with Crippen LogP contribution in [-0.2, 0) is 11.2 Å². The van der Waals surface area contributed by atoms with Crippen LogP contribution in [-0.4, -0.2) is 62.8 Å². The van der Waals surface area contributed by atoms with Gasteiger partial charge >= 0.3 is 0 Å². The third-order valence-electron chi connectivity index (χ3n) is 4.01. The molecule has 1 rings (SSSR count). The number of hydrogen-bond donors (Lipinski definition) is 2. The molecule has 0 unspecified atom stereocenters. The van der Waals surface area contributed by atoms with Gasteiger partial charge in [0.15, 0.2) is 5.96 Å². The van der Waals surface area contributed by atoms with Crippen LogP contribution in [0.2, 0.25) is 0 Å². The van der Waals surface area contributed by atoms with Crippen molar-refractivity contribution < 1.29 is 9.15 Å². The summed E-state index contributed by atoms with van der Waals surface area (Å²) in [6.07, 6.45) is 3.59. The molecule has 0 aliphatic heterocycles. The van der Waals surface area contributed by atoms with Gasteiger partial charge in [0.25, 0.3) is 0 Å². The Morgan fingerprint density at radius 1 is 1.19 bits per heavy atom. The molecular formula is C19H37IN4O2. The zero-order chi connectivity index (χ0) is 18.5. The molecule has 0 aliphatic carbocycles. The van der Waals surface area contributed by atoms with E-state index < -0.39 is 0 Å². The van der Waals surface area contributed by atoms with Crippen molar-refractivity contribution >= 4 is 29.9 Å². The molecule has 1 heterocycles. The highest BCUT2D eigenvalue weighted by atomic mass is 127. The van der Waals surface area contributed by atoms with E-state index >= 15 is 0 Å². The summed E-state index contributed by atoms with van der Waals surface area (Å²) in [6.45, 7) is 13.1. The van der Waals surface area contributed by atoms with Crippen LogP contribution in [0.3, 0.4) is 0 Å². The standard InChI is InChI=1S/C19H36N4O2.HI/c1-16(2)23(17(3)4)13-7-10-20-19(22-12-15-24-5)21-11-9-18-8-6-14-25-18;/h6,8,14,16-17H,7,9-13,15H2,1-5H3,(H2,20,21,22);1H. The molecular weight excluding hydrogens is 443 g/mol. The van der Waals surface area contributed by atoms with E-state index in [2.05, 4.69) is 48.2 Å². The summed E-state index contributed by atoms with van der Waals surface area (Å²) >= 11 is 0. The van der Waals surface area contributed by atoms with Crippen LogP contribution in [0.4, 0.5) is 0 Å². The molecule has 0 saturated carbocycles. The molecule has 0 aromatic carbocycles. The first-order valence-electron chi connectivity index (χ1n) is 9.33. The van der Waals surface area contributed by atoms with Gasteiger partial charge in [-0.15, -0.1) is 24.0 Å². The molecule has 0 amide bonds. The molecule has 0 bridgehead atoms. The maximum atomic E-state index is 5.36. The zero-order valence-corrected chi connectivity index (χ0v) is 19.3. The van der Waals surface area contributed by atoms with Crippen molar-refractivity contribution in [1.82, 2.24) is 15.5 Å². The Bertz CT molecular complexity index is 456. The van der Waals surface area contributed by atoms with E-state index in [-0.39, 0.29) is 24.0 Å². The molecule has 1 aromatic heterocycles. The van der Waals surface area contributed by atoms with Crippen LogP contribution >= 0.6 is 24.0 Å². The number of guanidine groups is 1. The number of rotatable bonds is 12. The molecule has 7 heteroatoms. The third kappa shape index (κ3) is 11.0. The molecule has 0 saturated heterocycles. The van der Waals surface area contributed by atoms with E-state index in [0.29, 0.717) is 18.7 Å². The monoisotopic (exact) mass is 480 g/mol. The minimum Gasteiger partial charge on any atom is -0.469 e. The van der Waals surface area contributed by atoms with E-state index in [1.54, 1.807) is 13.4 Å². The smallest absolute Gasteiger partial charge is 0.191 e. The maximum absolute atomic E-state index is 5.36. The van der Waals surface area contributed by atoms with Crippen molar-refractivity contribution in [3.8, 4) is 0 Å². The Labute approximate surface area is 176 Å². The van der Waals surface area contributed by atoms with Gasteiger partial charge < -0.3 is 19.8 Å². The van der Waals surface area contributed by atoms with Gasteiger partial charge in [-0.1, -0.05) is 0 Å². The van der Waals surface area contributed by atoms with Gasteiger partial charge in [0, 0.05) is 51.8 Å². The van der Waals surface area contributed by atoms with Gasteiger partial charge in [-0.2, -0.15) is 0 Å². The van der Waals surface area contributed by atoms with E-state index in [0.717, 1.165) is 50.7 Å². The topological polar surface area (TPSA) is 62.0 Å². The Morgan fingerprint density at radius 3 is 2.46 bits per heavy atom. The molecule has 26 heavy (non-hydrogen) atoms. The summed E-state index contributed by atoms with van der Waals surface area (Å²) < 4.78 is 10.5. The summed E-state index contributed by atoms with van der Waals surface area (Å²) in [5.74, 6) is 1.82. The van der Waals surface area contributed by atoms with Gasteiger partial charge in [0.2, 0.25) is 0 Å². The summed E-state index contributed by atoms with van der Waals surface area (Å²) in [7, 11) is 1.70. The lowest BCUT2D eigenvalue weighted by Gasteiger charge is -2.30. The zero-order valence-electron chi connectivity index (χ0n) is 17.0. The normalized spacial score (nSPS) is 11.9. The quantitative estimate of drug-likeness (QED) is 0.208. The second-order valence-electron chi connectivity index (χ2n) is 6.68. The number of nitrogens with zero attached hydrogens (tertiary/aromatic N) is 2. The molecule has 0 radical (unpaired) electrons. The lowest BCUT2D eigenvalue weighted by molar-refractivity contribution is 0.174. The fraction of sp³-hybridized carbons (Fsp3) is 0.737. The van der Waals surface area contributed by atoms with Crippen molar-refractivity contribution in [2.75, 3.05) is 39.9 Å². The highest BCUT2D eigenvalue weighted by molar-refractivity contribution is 14.0. The van der Waals surface area contributed by atoms with E-state index in [1.165, 1.54) is 0 Å². The van der Waals surface area contributed by atoms with E-state index in [9.17, 15) is 0 Å². The number of nitrogens with one attached hydrogen (secondary N) is 2. The first kappa shape index (κ1) is 25.2. The van der Waals surface area contributed by atoms with Crippen LogP contribution in [0.15, 0.2) is 27.8 Å². The van der Waals surface area contributed by atoms with Crippen molar-refractivity contribution in [3.63, 3.8) is 0 Å². The molecule has 0 spiro atoms. The van der Waals surface area contributed by atoms with Crippen molar-refractivity contribution in [1.29, 1.82) is 0 Å². The maximum Gasteiger partial charge on any atom is 0.191 e. The van der Waals surface area contributed by atoms with Gasteiger partial charge in [-0.05, 0) is 46.2 Å². The van der Waals surface area contributed by atoms with Crippen LogP contribution in [0.25, 0.3) is 0 Å². The number of furan rings is 1. The molecule has 0 aliphatic rings. The van der Waals surface area contributed by atoms with Crippen LogP contribution in [0.1, 0.15) is 39.9 Å². The fourth-order valence-corrected chi connectivity index (χ4v) is 2.76. The lowest BCUT2D eigenvalue weighted by Crippen LogP contribution is -2.40. The summed E-state index contributed by atoms with van der Waals surface area (Å²) in [5, 5.41) is 6.66. The molecule has 6 nitrogen and oxygen atoms in total. The number of methoxy groups -OCH3 is 1. The summed E-state index contributed by atoms with van der Waals surface area (Å²) in [6, 6.07) is 5.03. The number of ether oxygens (including phenoxy) is 1. The predicted molar refractivity (Wildman–Crippen MR) is 120 cm³/mol. The van der Waals surface area contributed by atoms with Crippen molar-refractivity contribution in [2.24, 2.45) is 4.99 Å². The second-order valence-corrected chi connectivity index (χ2v) is 6.68. The third-order valence-corrected chi connectivity index (χ3v) is 4.01. The highest BCUT2D eigenvalue weighted by Crippen LogP contribution is 2.05. The van der Waals surface area contributed by atoms with Gasteiger partial charge in [0.1, 0.15) is 5.76 Å². The van der Waals surface area contributed by atoms with E-state index in [4.69, 9.17) is 9.15 Å². The van der Waals surface area contributed by atoms with Gasteiger partial charge in [0.05, 0.1) is 12.9 Å². The molecule has 1 aromatic rings. The van der Waals surface area contributed by atoms with Crippen molar-refractivity contribution in [3.05, 3.63) is 24.2 Å². The highest BCUT2D eigenvalue weighted by Gasteiger charge is 2.12. The summed E-state index contributed by atoms with van der Waals surface area (Å²) in [5.41, 5.74) is 0. The first-order valence-corrected chi connectivity index (χ1v) is 9.33. The first-order chi connectivity index (χ1) is 12.0. The average molecular weight is 480 g/mol. The average Bonchev–Trinajstić information content (AvgIpc) is 3.07. The molecule has 152 valence electrons. The number of halogens is 1. The molecule has 2 N–H and O–H groups in total. The Morgan fingerprint density at radius 2 is 1.88 bits per heavy atom. The fourth-order valence-electron chi connectivity index (χ4n) is 2.76. The Balaban J connectivity index is 0.00000625. The van der Waals surface area contributed by atoms with Gasteiger partial charge in [-0.25, -0.2) is 0 Å². The largest absolute Gasteiger partial charge is 0.469 e. The van der Waals surface area contributed by atoms with E-state index in [1.807, 2.05) is 12.1 Å². The van der Waals surface area contributed by atoms with Crippen LogP contribution < -0.4 is 10.6 Å². The van der Waals surface area contributed by atoms with Crippen molar-refractivity contribution in [2.45, 2.75) is 52.6 Å². The van der Waals surface area contributed by atoms with Crippen LogP contribution in [0.5, 0.6) is 0 Å². The molecule has 0 atom stereocenters. The Hall–Kier alpha value is -0.800. The minimum atomic E-state index is 0. The van der Waals surface area contributed by atoms with Crippen LogP contribution in [0, 0.1) is 0 Å². The second kappa shape index (κ2) is 15.3. The Kier molecular flexibility index (Phi) is 14.8. The SMILES string of the molecule is COCCNC(=NCCCN(C(C)C)C(C)C)NCCc1ccco1.I. The summed E-state index contributed by atoms with van der Waals surface area (Å²) in [4.78, 5) is 7.18. The predicted octanol–water partition coefficient (Wildman–Crippen LogP) is 3.13.